The van der Waals surface area contributed by atoms with E-state index in [0.717, 1.165) is 16.1 Å². The van der Waals surface area contributed by atoms with Gasteiger partial charge in [-0.05, 0) is 49.2 Å². The number of hydrogen-bond donors (Lipinski definition) is 2. The molecular formula is C25H25FN4O4S. The number of fused-ring (bicyclic) bond motifs is 1. The number of cyclic esters (lactones) is 1. The van der Waals surface area contributed by atoms with E-state index in [1.165, 1.54) is 17.8 Å². The number of carbonyl (C=O) groups is 3. The van der Waals surface area contributed by atoms with Crippen LogP contribution in [0.4, 0.5) is 26.2 Å². The van der Waals surface area contributed by atoms with Crippen molar-refractivity contribution in [1.29, 1.82) is 0 Å². The molecule has 6 rings (SSSR count). The Bertz CT molecular complexity index is 1240. The maximum Gasteiger partial charge on any atom is 0.414 e. The minimum atomic E-state index is -0.406. The summed E-state index contributed by atoms with van der Waals surface area (Å²) in [4.78, 5) is 40.8. The summed E-state index contributed by atoms with van der Waals surface area (Å²) in [6, 6.07) is 8.88. The fourth-order valence-corrected chi connectivity index (χ4v) is 6.16. The Labute approximate surface area is 206 Å². The van der Waals surface area contributed by atoms with Crippen molar-refractivity contribution in [3.8, 4) is 0 Å². The van der Waals surface area contributed by atoms with Crippen molar-refractivity contribution in [2.45, 2.75) is 36.2 Å². The third-order valence-electron chi connectivity index (χ3n) is 7.05. The molecule has 3 amide bonds. The largest absolute Gasteiger partial charge is 0.444 e. The van der Waals surface area contributed by atoms with Crippen molar-refractivity contribution in [2.75, 3.05) is 47.0 Å². The number of thioether (sulfide) groups is 1. The summed E-state index contributed by atoms with van der Waals surface area (Å²) in [5.74, 6) is 0.0423. The van der Waals surface area contributed by atoms with Gasteiger partial charge in [-0.15, -0.1) is 11.8 Å². The van der Waals surface area contributed by atoms with Crippen LogP contribution in [0.15, 0.2) is 35.2 Å². The maximum atomic E-state index is 14.7. The van der Waals surface area contributed by atoms with Gasteiger partial charge in [0.15, 0.2) is 0 Å². The lowest BCUT2D eigenvalue weighted by atomic mass is 9.95. The van der Waals surface area contributed by atoms with E-state index in [0.29, 0.717) is 68.1 Å². The van der Waals surface area contributed by atoms with Crippen LogP contribution in [0.1, 0.15) is 29.9 Å². The van der Waals surface area contributed by atoms with E-state index in [1.807, 2.05) is 12.1 Å². The minimum Gasteiger partial charge on any atom is -0.444 e. The molecule has 182 valence electrons. The Morgan fingerprint density at radius 1 is 1.11 bits per heavy atom. The van der Waals surface area contributed by atoms with Gasteiger partial charge in [0.1, 0.15) is 11.9 Å². The van der Waals surface area contributed by atoms with Crippen LogP contribution in [0.3, 0.4) is 0 Å². The Morgan fingerprint density at radius 3 is 2.89 bits per heavy atom. The lowest BCUT2D eigenvalue weighted by Gasteiger charge is -2.25. The highest BCUT2D eigenvalue weighted by Gasteiger charge is 2.39. The zero-order chi connectivity index (χ0) is 24.1. The van der Waals surface area contributed by atoms with Crippen LogP contribution < -0.4 is 20.4 Å². The molecule has 2 aromatic carbocycles. The second-order valence-electron chi connectivity index (χ2n) is 9.30. The van der Waals surface area contributed by atoms with Crippen molar-refractivity contribution < 1.29 is 23.5 Å². The average Bonchev–Trinajstić information content (AvgIpc) is 3.42. The molecule has 0 bridgehead atoms. The fourth-order valence-electron chi connectivity index (χ4n) is 5.37. The number of ether oxygens (including phenoxy) is 1. The highest BCUT2D eigenvalue weighted by Crippen LogP contribution is 2.43. The highest BCUT2D eigenvalue weighted by atomic mass is 32.2. The molecule has 2 aromatic rings. The van der Waals surface area contributed by atoms with Gasteiger partial charge in [0, 0.05) is 41.6 Å². The zero-order valence-corrected chi connectivity index (χ0v) is 19.8. The molecule has 0 aliphatic carbocycles. The molecule has 2 N–H and O–H groups in total. The number of rotatable bonds is 6. The van der Waals surface area contributed by atoms with Crippen LogP contribution >= 0.6 is 11.8 Å². The first kappa shape index (κ1) is 22.4. The molecule has 35 heavy (non-hydrogen) atoms. The molecule has 1 saturated heterocycles. The molecule has 0 aromatic heterocycles. The van der Waals surface area contributed by atoms with E-state index in [-0.39, 0.29) is 29.7 Å². The molecule has 4 aliphatic rings. The minimum absolute atomic E-state index is 0.0531. The SMILES string of the molecule is O=C1CSc2ccc(N3C[C@@H](CCNC[C@H]4CN5C(=O)CCc6ccc(F)c4c65)OC3=O)cc2N1. The number of anilines is 3. The van der Waals surface area contributed by atoms with Crippen LogP contribution in [0, 0.1) is 5.82 Å². The number of amides is 3. The summed E-state index contributed by atoms with van der Waals surface area (Å²) in [5, 5.41) is 6.22. The van der Waals surface area contributed by atoms with Gasteiger partial charge in [0.2, 0.25) is 11.8 Å². The molecule has 10 heteroatoms. The van der Waals surface area contributed by atoms with E-state index in [2.05, 4.69) is 10.6 Å². The molecular weight excluding hydrogens is 471 g/mol. The van der Waals surface area contributed by atoms with Gasteiger partial charge in [0.25, 0.3) is 0 Å². The smallest absolute Gasteiger partial charge is 0.414 e. The summed E-state index contributed by atoms with van der Waals surface area (Å²) in [6.07, 6.45) is 1.07. The molecule has 0 saturated carbocycles. The number of carbonyl (C=O) groups excluding carboxylic acids is 3. The van der Waals surface area contributed by atoms with Gasteiger partial charge in [-0.25, -0.2) is 9.18 Å². The van der Waals surface area contributed by atoms with Crippen LogP contribution in [0.25, 0.3) is 0 Å². The van der Waals surface area contributed by atoms with Gasteiger partial charge < -0.3 is 20.3 Å². The lowest BCUT2D eigenvalue weighted by molar-refractivity contribution is -0.118. The first-order chi connectivity index (χ1) is 17.0. The standard InChI is InChI=1S/C25H25FN4O4S/c26-18-4-1-14-2-6-22(32)30-11-15(23(18)24(14)30)10-27-8-7-17-12-29(25(33)34-17)16-3-5-20-19(9-16)28-21(31)13-35-20/h1,3-5,9,15,17,27H,2,6-8,10-13H2,(H,28,31)/t15-,17+/m0/s1. The van der Waals surface area contributed by atoms with Crippen molar-refractivity contribution in [3.63, 3.8) is 0 Å². The summed E-state index contributed by atoms with van der Waals surface area (Å²) in [7, 11) is 0. The molecule has 4 aliphatic heterocycles. The zero-order valence-electron chi connectivity index (χ0n) is 19.0. The molecule has 8 nitrogen and oxygen atoms in total. The number of nitrogens with one attached hydrogen (secondary N) is 2. The third-order valence-corrected chi connectivity index (χ3v) is 8.13. The van der Waals surface area contributed by atoms with E-state index >= 15 is 0 Å². The van der Waals surface area contributed by atoms with Crippen LogP contribution in [0.5, 0.6) is 0 Å². The van der Waals surface area contributed by atoms with Gasteiger partial charge in [-0.3, -0.25) is 14.5 Å². The lowest BCUT2D eigenvalue weighted by Crippen LogP contribution is -2.35. The molecule has 0 radical (unpaired) electrons. The van der Waals surface area contributed by atoms with Gasteiger partial charge in [0.05, 0.1) is 23.7 Å². The molecule has 1 fully saturated rings. The number of halogens is 1. The molecule has 4 heterocycles. The number of nitrogens with zero attached hydrogens (tertiary/aromatic N) is 2. The van der Waals surface area contributed by atoms with Crippen LogP contribution in [-0.4, -0.2) is 55.9 Å². The normalized spacial score (nSPS) is 22.7. The average molecular weight is 497 g/mol. The van der Waals surface area contributed by atoms with Crippen molar-refractivity contribution in [3.05, 3.63) is 47.3 Å². The monoisotopic (exact) mass is 496 g/mol. The van der Waals surface area contributed by atoms with Gasteiger partial charge in [-0.1, -0.05) is 6.07 Å². The molecule has 2 atom stereocenters. The Balaban J connectivity index is 1.05. The van der Waals surface area contributed by atoms with Crippen molar-refractivity contribution in [2.24, 2.45) is 0 Å². The maximum absolute atomic E-state index is 14.7. The first-order valence-corrected chi connectivity index (χ1v) is 12.8. The van der Waals surface area contributed by atoms with Crippen LogP contribution in [-0.2, 0) is 20.7 Å². The topological polar surface area (TPSA) is 91.0 Å². The van der Waals surface area contributed by atoms with E-state index in [4.69, 9.17) is 4.74 Å². The number of aryl methyl sites for hydroxylation is 1. The predicted octanol–water partition coefficient (Wildman–Crippen LogP) is 3.25. The first-order valence-electron chi connectivity index (χ1n) is 11.8. The quantitative estimate of drug-likeness (QED) is 0.597. The highest BCUT2D eigenvalue weighted by molar-refractivity contribution is 8.00. The Morgan fingerprint density at radius 2 is 2.00 bits per heavy atom. The predicted molar refractivity (Wildman–Crippen MR) is 131 cm³/mol. The summed E-state index contributed by atoms with van der Waals surface area (Å²) in [6.45, 7) is 2.06. The summed E-state index contributed by atoms with van der Waals surface area (Å²) < 4.78 is 20.2. The van der Waals surface area contributed by atoms with Crippen molar-refractivity contribution in [1.82, 2.24) is 5.32 Å². The third kappa shape index (κ3) is 4.04. The number of benzene rings is 2. The molecule has 0 spiro atoms. The molecule has 0 unspecified atom stereocenters. The Hall–Kier alpha value is -3.11. The second-order valence-corrected chi connectivity index (χ2v) is 10.3. The van der Waals surface area contributed by atoms with Gasteiger partial charge >= 0.3 is 6.09 Å². The van der Waals surface area contributed by atoms with E-state index in [1.54, 1.807) is 21.9 Å². The Kier molecular flexibility index (Phi) is 5.64. The summed E-state index contributed by atoms with van der Waals surface area (Å²) >= 11 is 1.48. The van der Waals surface area contributed by atoms with E-state index in [9.17, 15) is 18.8 Å². The van der Waals surface area contributed by atoms with Crippen LogP contribution in [0.2, 0.25) is 0 Å². The second kappa shape index (κ2) is 8.83. The van der Waals surface area contributed by atoms with Gasteiger partial charge in [-0.2, -0.15) is 0 Å². The van der Waals surface area contributed by atoms with Crippen molar-refractivity contribution >= 4 is 46.7 Å². The summed E-state index contributed by atoms with van der Waals surface area (Å²) in [5.41, 5.74) is 3.86. The number of hydrogen-bond acceptors (Lipinski definition) is 6. The van der Waals surface area contributed by atoms with E-state index < -0.39 is 6.09 Å². The fraction of sp³-hybridized carbons (Fsp3) is 0.400.